The van der Waals surface area contributed by atoms with Gasteiger partial charge in [0.25, 0.3) is 11.8 Å². The number of carbonyl (C=O) groups is 6. The van der Waals surface area contributed by atoms with Crippen molar-refractivity contribution in [1.82, 2.24) is 9.80 Å². The highest BCUT2D eigenvalue weighted by atomic mass is 35.5. The fourth-order valence-electron chi connectivity index (χ4n) is 10.4. The van der Waals surface area contributed by atoms with Gasteiger partial charge in [-0.2, -0.15) is 0 Å². The van der Waals surface area contributed by atoms with Gasteiger partial charge < -0.3 is 52.3 Å². The largest absolute Gasteiger partial charge is 0.508 e. The Bertz CT molecular complexity index is 2540. The number of phenols is 2. The molecule has 63 heavy (non-hydrogen) atoms. The molecule has 2 fully saturated rings. The van der Waals surface area contributed by atoms with E-state index in [4.69, 9.17) is 23.1 Å². The molecule has 0 radical (unpaired) electrons. The first kappa shape index (κ1) is 46.5. The molecule has 19 heteroatoms. The molecule has 2 aromatic rings. The van der Waals surface area contributed by atoms with Gasteiger partial charge in [-0.25, -0.2) is 0 Å². The molecule has 6 aliphatic carbocycles. The number of hydrogen-bond acceptors (Lipinski definition) is 16. The van der Waals surface area contributed by atoms with Crippen LogP contribution in [0.4, 0.5) is 0 Å². The van der Waals surface area contributed by atoms with Crippen molar-refractivity contribution in [3.63, 3.8) is 0 Å². The van der Waals surface area contributed by atoms with Gasteiger partial charge in [0.2, 0.25) is 11.6 Å². The number of carbonyl (C=O) groups excluding carboxylic acids is 6. The van der Waals surface area contributed by atoms with E-state index < -0.39 is 116 Å². The minimum absolute atomic E-state index is 0.0243. The van der Waals surface area contributed by atoms with Crippen LogP contribution >= 0.6 is 11.6 Å². The molecule has 0 heterocycles. The monoisotopic (exact) mass is 892 g/mol. The van der Waals surface area contributed by atoms with Gasteiger partial charge in [-0.15, -0.1) is 0 Å². The number of amides is 2. The number of nitrogens with zero attached hydrogens (tertiary/aromatic N) is 2. The van der Waals surface area contributed by atoms with E-state index in [1.165, 1.54) is 28.0 Å². The third-order valence-electron chi connectivity index (χ3n) is 13.0. The fourth-order valence-corrected chi connectivity index (χ4v) is 10.6. The Balaban J connectivity index is 0.000000202. The standard InChI is InChI=1S/C21H21ClN2O7.C21H22N2O7.C2H6/c1-24(2)15-9-6-7-5-8-10(22)3-4-11(25)13(8)16(26)12(7)18(28)21(9,31)19(29)14(17(15)27)20(23)30;1-23(2)15-10-7-9-6-8-4-3-5-11(24)12(8)16(25)13(9)18(27)21(10,30)19(28)14(17(15)26)20(22)29;1-2/h3-4,7,9,15,25-26,29,31H,5-6H2,1-2H3,(H2,23,30);3-5,9-10,15,24-25,28,30H,6-7H2,1-2H3,(H2,22,29);1-2H3/t7-,9-,15-,21-;9-,10-,15-,21-;/m00./s1. The second kappa shape index (κ2) is 16.3. The summed E-state index contributed by atoms with van der Waals surface area (Å²) in [7, 11) is 6.21. The molecule has 12 N–H and O–H groups in total. The summed E-state index contributed by atoms with van der Waals surface area (Å²) < 4.78 is 0. The highest BCUT2D eigenvalue weighted by Gasteiger charge is 2.65. The van der Waals surface area contributed by atoms with Crippen LogP contribution in [0.15, 0.2) is 64.1 Å². The molecule has 2 saturated carbocycles. The van der Waals surface area contributed by atoms with E-state index in [0.717, 1.165) is 0 Å². The van der Waals surface area contributed by atoms with Gasteiger partial charge in [0, 0.05) is 28.0 Å². The van der Waals surface area contributed by atoms with Gasteiger partial charge >= 0.3 is 0 Å². The molecule has 0 aromatic heterocycles. The minimum Gasteiger partial charge on any atom is -0.508 e. The van der Waals surface area contributed by atoms with Crippen LogP contribution in [0.2, 0.25) is 5.02 Å². The average molecular weight is 893 g/mol. The van der Waals surface area contributed by atoms with Gasteiger partial charge in [-0.3, -0.25) is 38.6 Å². The maximum atomic E-state index is 13.5. The summed E-state index contributed by atoms with van der Waals surface area (Å²) >= 11 is 6.25. The number of nitrogens with two attached hydrogens (primary N) is 2. The topological polar surface area (TPSA) is 323 Å². The number of benzene rings is 2. The predicted molar refractivity (Wildman–Crippen MR) is 225 cm³/mol. The van der Waals surface area contributed by atoms with Crippen molar-refractivity contribution >= 4 is 58.1 Å². The summed E-state index contributed by atoms with van der Waals surface area (Å²) in [6, 6.07) is 5.25. The van der Waals surface area contributed by atoms with Crippen LogP contribution in [0.5, 0.6) is 11.5 Å². The third-order valence-corrected chi connectivity index (χ3v) is 13.4. The Hall–Kier alpha value is -6.05. The quantitative estimate of drug-likeness (QED) is 0.195. The van der Waals surface area contributed by atoms with Crippen LogP contribution in [-0.4, -0.2) is 137 Å². The highest BCUT2D eigenvalue weighted by molar-refractivity contribution is 6.32. The third kappa shape index (κ3) is 6.61. The van der Waals surface area contributed by atoms with Crippen molar-refractivity contribution < 1.29 is 69.6 Å². The molecule has 0 spiro atoms. The zero-order valence-corrected chi connectivity index (χ0v) is 35.9. The number of halogens is 1. The van der Waals surface area contributed by atoms with Crippen molar-refractivity contribution in [2.75, 3.05) is 28.2 Å². The van der Waals surface area contributed by atoms with Gasteiger partial charge in [-0.1, -0.05) is 37.6 Å². The average Bonchev–Trinajstić information content (AvgIpc) is 3.19. The van der Waals surface area contributed by atoms with Crippen LogP contribution < -0.4 is 11.5 Å². The normalized spacial score (nSPS) is 29.7. The number of hydrogen-bond donors (Lipinski definition) is 10. The maximum absolute atomic E-state index is 13.5. The van der Waals surface area contributed by atoms with Gasteiger partial charge in [0.05, 0.1) is 23.2 Å². The first-order chi connectivity index (χ1) is 29.4. The molecule has 18 nitrogen and oxygen atoms in total. The second-order valence-electron chi connectivity index (χ2n) is 16.7. The molecule has 6 aliphatic rings. The lowest BCUT2D eigenvalue weighted by molar-refractivity contribution is -0.155. The molecule has 2 aromatic carbocycles. The summed E-state index contributed by atoms with van der Waals surface area (Å²) in [5.41, 5.74) is 4.41. The molecular weight excluding hydrogens is 844 g/mol. The van der Waals surface area contributed by atoms with Crippen molar-refractivity contribution in [3.8, 4) is 11.5 Å². The number of ketones is 4. The Morgan fingerprint density at radius 3 is 1.49 bits per heavy atom. The Labute approximate surface area is 365 Å². The second-order valence-corrected chi connectivity index (χ2v) is 17.1. The summed E-state index contributed by atoms with van der Waals surface area (Å²) in [5, 5.41) is 86.6. The lowest BCUT2D eigenvalue weighted by Gasteiger charge is -2.50. The van der Waals surface area contributed by atoms with Gasteiger partial charge in [-0.05, 0) is 95.0 Å². The molecule has 336 valence electrons. The molecule has 0 bridgehead atoms. The van der Waals surface area contributed by atoms with E-state index in [1.54, 1.807) is 40.3 Å². The van der Waals surface area contributed by atoms with Gasteiger partial charge in [0.15, 0.2) is 22.8 Å². The van der Waals surface area contributed by atoms with Crippen LogP contribution in [0.25, 0.3) is 11.5 Å². The van der Waals surface area contributed by atoms with E-state index in [2.05, 4.69) is 0 Å². The number of primary amides is 2. The lowest BCUT2D eigenvalue weighted by Crippen LogP contribution is -2.65. The van der Waals surface area contributed by atoms with Gasteiger partial charge in [0.1, 0.15) is 45.7 Å². The smallest absolute Gasteiger partial charge is 0.255 e. The van der Waals surface area contributed by atoms with Crippen LogP contribution in [0.3, 0.4) is 0 Å². The summed E-state index contributed by atoms with van der Waals surface area (Å²) in [4.78, 5) is 79.5. The number of fused-ring (bicyclic) bond motifs is 6. The molecule has 8 rings (SSSR count). The van der Waals surface area contributed by atoms with E-state index in [9.17, 15) is 69.6 Å². The molecule has 0 unspecified atom stereocenters. The first-order valence-corrected chi connectivity index (χ1v) is 20.4. The summed E-state index contributed by atoms with van der Waals surface area (Å²) in [6.45, 7) is 4.00. The zero-order valence-electron chi connectivity index (χ0n) is 35.1. The Morgan fingerprint density at radius 2 is 1.06 bits per heavy atom. The van der Waals surface area contributed by atoms with E-state index >= 15 is 0 Å². The summed E-state index contributed by atoms with van der Waals surface area (Å²) in [6.07, 6.45) is 0.573. The van der Waals surface area contributed by atoms with Crippen LogP contribution in [-0.2, 0) is 41.6 Å². The number of aromatic hydroxyl groups is 2. The lowest BCUT2D eigenvalue weighted by atomic mass is 9.57. The number of aliphatic hydroxyl groups is 6. The Kier molecular flexibility index (Phi) is 12.0. The van der Waals surface area contributed by atoms with Crippen molar-refractivity contribution in [1.29, 1.82) is 0 Å². The number of aliphatic hydroxyl groups excluding tert-OH is 4. The van der Waals surface area contributed by atoms with Crippen LogP contribution in [0.1, 0.15) is 48.9 Å². The predicted octanol–water partition coefficient (Wildman–Crippen LogP) is 1.61. The summed E-state index contributed by atoms with van der Waals surface area (Å²) in [5.74, 6) is -13.3. The van der Waals surface area contributed by atoms with E-state index in [1.807, 2.05) is 13.8 Å². The van der Waals surface area contributed by atoms with Crippen molar-refractivity contribution in [2.45, 2.75) is 62.8 Å². The van der Waals surface area contributed by atoms with E-state index in [-0.39, 0.29) is 58.1 Å². The van der Waals surface area contributed by atoms with Crippen molar-refractivity contribution in [2.24, 2.45) is 35.1 Å². The number of Topliss-reactive ketones (excluding diaryl/α,β-unsaturated/α-hetero) is 4. The number of phenolic OH excluding ortho intramolecular Hbond substituents is 2. The zero-order chi connectivity index (χ0) is 47.1. The molecular formula is C44H49ClN4O14. The number of likely N-dealkylation sites (N-methyl/N-ethyl adjacent to an activating group) is 2. The molecule has 0 saturated heterocycles. The maximum Gasteiger partial charge on any atom is 0.255 e. The van der Waals surface area contributed by atoms with Crippen molar-refractivity contribution in [3.05, 3.63) is 91.4 Å². The minimum atomic E-state index is -2.64. The SMILES string of the molecule is CC.CN(C)[C@@H]1C(=O)C(C(N)=O)=C(O)[C@@]2(O)C(=O)C3=C(O)c4c(O)ccc(Cl)c4C[C@H]3C[C@@H]12.CN(C)[C@@H]1C(=O)C(C(N)=O)=C(O)[C@@]2(O)C(=O)C3=C(O)c4c(O)cccc4C[C@H]3C[C@@H]12. The molecule has 2 amide bonds. The first-order valence-electron chi connectivity index (χ1n) is 20.0. The molecule has 0 aliphatic heterocycles. The number of rotatable bonds is 4. The molecule has 8 atom stereocenters. The van der Waals surface area contributed by atoms with Crippen LogP contribution in [0, 0.1) is 23.7 Å². The Morgan fingerprint density at radius 1 is 0.651 bits per heavy atom. The highest BCUT2D eigenvalue weighted by Crippen LogP contribution is 2.55. The van der Waals surface area contributed by atoms with E-state index in [0.29, 0.717) is 17.5 Å². The fraction of sp³-hybridized carbons (Fsp3) is 0.409.